The summed E-state index contributed by atoms with van der Waals surface area (Å²) in [5.74, 6) is 0. The smallest absolute Gasteiger partial charge is 0.0597 e. The highest BCUT2D eigenvalue weighted by atomic mass is 79.9. The van der Waals surface area contributed by atoms with E-state index >= 15 is 0 Å². The number of aryl methyl sites for hydroxylation is 2. The van der Waals surface area contributed by atoms with E-state index < -0.39 is 0 Å². The molecule has 0 aliphatic rings. The summed E-state index contributed by atoms with van der Waals surface area (Å²) in [7, 11) is 0. The molecule has 0 saturated carbocycles. The Balaban J connectivity index is 2.10. The third kappa shape index (κ3) is 3.33. The summed E-state index contributed by atoms with van der Waals surface area (Å²) in [4.78, 5) is 4.49. The lowest BCUT2D eigenvalue weighted by Gasteiger charge is -2.11. The molecule has 1 N–H and O–H groups in total. The van der Waals surface area contributed by atoms with E-state index in [-0.39, 0.29) is 0 Å². The summed E-state index contributed by atoms with van der Waals surface area (Å²) >= 11 is 3.50. The Hall–Kier alpha value is -1.35. The molecule has 0 aliphatic carbocycles. The highest BCUT2D eigenvalue weighted by molar-refractivity contribution is 9.10. The van der Waals surface area contributed by atoms with E-state index in [0.717, 1.165) is 28.8 Å². The van der Waals surface area contributed by atoms with Gasteiger partial charge in [-0.1, -0.05) is 28.9 Å². The van der Waals surface area contributed by atoms with Crippen LogP contribution in [-0.4, -0.2) is 4.98 Å². The summed E-state index contributed by atoms with van der Waals surface area (Å²) in [6, 6.07) is 12.4. The van der Waals surface area contributed by atoms with Crippen LogP contribution in [0.2, 0.25) is 0 Å². The van der Waals surface area contributed by atoms with Gasteiger partial charge in [0.25, 0.3) is 0 Å². The fourth-order valence-corrected chi connectivity index (χ4v) is 2.32. The summed E-state index contributed by atoms with van der Waals surface area (Å²) in [6.45, 7) is 4.94. The van der Waals surface area contributed by atoms with Gasteiger partial charge in [-0.25, -0.2) is 0 Å². The average molecular weight is 305 g/mol. The minimum absolute atomic E-state index is 0.760. The lowest BCUT2D eigenvalue weighted by molar-refractivity contribution is 1.01. The molecule has 0 amide bonds. The Kier molecular flexibility index (Phi) is 4.37. The number of nitrogens with zero attached hydrogens (tertiary/aromatic N) is 1. The molecule has 94 valence electrons. The normalized spacial score (nSPS) is 10.4. The molecule has 0 bridgehead atoms. The van der Waals surface area contributed by atoms with Crippen LogP contribution in [0.5, 0.6) is 0 Å². The molecule has 0 fully saturated rings. The maximum atomic E-state index is 4.49. The van der Waals surface area contributed by atoms with Crippen molar-refractivity contribution in [2.24, 2.45) is 0 Å². The fraction of sp³-hybridized carbons (Fsp3) is 0.267. The minimum atomic E-state index is 0.760. The highest BCUT2D eigenvalue weighted by Crippen LogP contribution is 2.22. The molecule has 2 nitrogen and oxygen atoms in total. The van der Waals surface area contributed by atoms with Gasteiger partial charge in [-0.2, -0.15) is 0 Å². The van der Waals surface area contributed by atoms with Crippen molar-refractivity contribution in [3.05, 3.63) is 57.8 Å². The predicted molar refractivity (Wildman–Crippen MR) is 79.8 cm³/mol. The Morgan fingerprint density at radius 1 is 1.22 bits per heavy atom. The first-order valence-electron chi connectivity index (χ1n) is 6.14. The summed E-state index contributed by atoms with van der Waals surface area (Å²) < 4.78 is 1.12. The van der Waals surface area contributed by atoms with Gasteiger partial charge < -0.3 is 5.32 Å². The van der Waals surface area contributed by atoms with Gasteiger partial charge in [-0.05, 0) is 49.2 Å². The maximum absolute atomic E-state index is 4.49. The third-order valence-electron chi connectivity index (χ3n) is 2.85. The molecule has 1 heterocycles. The fourth-order valence-electron chi connectivity index (χ4n) is 1.91. The molecule has 0 unspecified atom stereocenters. The van der Waals surface area contributed by atoms with Crippen LogP contribution in [0.15, 0.2) is 40.9 Å². The number of rotatable bonds is 4. The second-order valence-electron chi connectivity index (χ2n) is 4.28. The predicted octanol–water partition coefficient (Wildman–Crippen LogP) is 4.33. The second kappa shape index (κ2) is 6.01. The van der Waals surface area contributed by atoms with Crippen molar-refractivity contribution in [2.45, 2.75) is 26.8 Å². The average Bonchev–Trinajstić information content (AvgIpc) is 2.37. The van der Waals surface area contributed by atoms with Crippen molar-refractivity contribution < 1.29 is 0 Å². The standard InChI is InChI=1S/C15H17BrN2/c1-3-12-9-13(16)7-8-15(12)17-10-14-6-4-5-11(2)18-14/h4-9,17H,3,10H2,1-2H3. The molecular formula is C15H17BrN2. The minimum Gasteiger partial charge on any atom is -0.379 e. The van der Waals surface area contributed by atoms with Crippen molar-refractivity contribution in [2.75, 3.05) is 5.32 Å². The molecule has 0 spiro atoms. The van der Waals surface area contributed by atoms with Gasteiger partial charge in [-0.3, -0.25) is 4.98 Å². The van der Waals surface area contributed by atoms with Crippen LogP contribution in [0.4, 0.5) is 5.69 Å². The maximum Gasteiger partial charge on any atom is 0.0597 e. The summed E-state index contributed by atoms with van der Waals surface area (Å²) in [5, 5.41) is 3.45. The zero-order valence-electron chi connectivity index (χ0n) is 10.7. The Bertz CT molecular complexity index is 538. The van der Waals surface area contributed by atoms with Crippen molar-refractivity contribution in [1.82, 2.24) is 4.98 Å². The quantitative estimate of drug-likeness (QED) is 0.909. The molecule has 0 aliphatic heterocycles. The van der Waals surface area contributed by atoms with E-state index in [0.29, 0.717) is 0 Å². The molecule has 1 aromatic carbocycles. The van der Waals surface area contributed by atoms with Crippen LogP contribution in [-0.2, 0) is 13.0 Å². The van der Waals surface area contributed by atoms with Gasteiger partial charge >= 0.3 is 0 Å². The molecule has 1 aromatic heterocycles. The molecular weight excluding hydrogens is 288 g/mol. The van der Waals surface area contributed by atoms with Gasteiger partial charge in [0, 0.05) is 15.9 Å². The van der Waals surface area contributed by atoms with Gasteiger partial charge in [-0.15, -0.1) is 0 Å². The van der Waals surface area contributed by atoms with Crippen molar-refractivity contribution in [3.63, 3.8) is 0 Å². The van der Waals surface area contributed by atoms with Crippen LogP contribution in [0.3, 0.4) is 0 Å². The third-order valence-corrected chi connectivity index (χ3v) is 3.35. The number of anilines is 1. The van der Waals surface area contributed by atoms with Crippen molar-refractivity contribution >= 4 is 21.6 Å². The lowest BCUT2D eigenvalue weighted by Crippen LogP contribution is -2.04. The van der Waals surface area contributed by atoms with Gasteiger partial charge in [0.1, 0.15) is 0 Å². The molecule has 18 heavy (non-hydrogen) atoms. The molecule has 2 aromatic rings. The SMILES string of the molecule is CCc1cc(Br)ccc1NCc1cccc(C)n1. The molecule has 3 heteroatoms. The molecule has 0 radical (unpaired) electrons. The molecule has 2 rings (SSSR count). The first-order chi connectivity index (χ1) is 8.69. The summed E-state index contributed by atoms with van der Waals surface area (Å²) in [5.41, 5.74) is 4.63. The largest absolute Gasteiger partial charge is 0.379 e. The van der Waals surface area contributed by atoms with E-state index in [1.807, 2.05) is 25.1 Å². The Morgan fingerprint density at radius 2 is 2.06 bits per heavy atom. The van der Waals surface area contributed by atoms with Crippen LogP contribution >= 0.6 is 15.9 Å². The number of aromatic nitrogens is 1. The number of hydrogen-bond acceptors (Lipinski definition) is 2. The van der Waals surface area contributed by atoms with Gasteiger partial charge in [0.05, 0.1) is 12.2 Å². The highest BCUT2D eigenvalue weighted by Gasteiger charge is 2.02. The monoisotopic (exact) mass is 304 g/mol. The first kappa shape index (κ1) is 13.1. The van der Waals surface area contributed by atoms with Gasteiger partial charge in [0.15, 0.2) is 0 Å². The topological polar surface area (TPSA) is 24.9 Å². The van der Waals surface area contributed by atoms with Crippen LogP contribution in [0, 0.1) is 6.92 Å². The van der Waals surface area contributed by atoms with E-state index in [4.69, 9.17) is 0 Å². The summed E-state index contributed by atoms with van der Waals surface area (Å²) in [6.07, 6.45) is 1.02. The Labute approximate surface area is 117 Å². The number of pyridine rings is 1. The van der Waals surface area contributed by atoms with E-state index in [2.05, 4.69) is 51.4 Å². The van der Waals surface area contributed by atoms with Gasteiger partial charge in [0.2, 0.25) is 0 Å². The van der Waals surface area contributed by atoms with E-state index in [9.17, 15) is 0 Å². The van der Waals surface area contributed by atoms with E-state index in [1.165, 1.54) is 11.3 Å². The van der Waals surface area contributed by atoms with Crippen LogP contribution in [0.1, 0.15) is 23.9 Å². The zero-order chi connectivity index (χ0) is 13.0. The number of hydrogen-bond donors (Lipinski definition) is 1. The first-order valence-corrected chi connectivity index (χ1v) is 6.93. The zero-order valence-corrected chi connectivity index (χ0v) is 12.3. The molecule has 0 atom stereocenters. The number of halogens is 1. The van der Waals surface area contributed by atoms with Crippen LogP contribution in [0.25, 0.3) is 0 Å². The Morgan fingerprint density at radius 3 is 2.78 bits per heavy atom. The number of benzene rings is 1. The van der Waals surface area contributed by atoms with E-state index in [1.54, 1.807) is 0 Å². The van der Waals surface area contributed by atoms with Crippen molar-refractivity contribution in [3.8, 4) is 0 Å². The second-order valence-corrected chi connectivity index (χ2v) is 5.19. The lowest BCUT2D eigenvalue weighted by atomic mass is 10.1. The van der Waals surface area contributed by atoms with Crippen LogP contribution < -0.4 is 5.32 Å². The molecule has 0 saturated heterocycles. The van der Waals surface area contributed by atoms with Crippen molar-refractivity contribution in [1.29, 1.82) is 0 Å². The number of nitrogens with one attached hydrogen (secondary N) is 1.